The molecule has 0 unspecified atom stereocenters. The van der Waals surface area contributed by atoms with Crippen LogP contribution in [0.3, 0.4) is 0 Å². The van der Waals surface area contributed by atoms with Crippen molar-refractivity contribution in [2.45, 2.75) is 30.7 Å². The number of amides is 1. The van der Waals surface area contributed by atoms with Crippen molar-refractivity contribution in [2.75, 3.05) is 26.3 Å². The lowest BCUT2D eigenvalue weighted by Gasteiger charge is -2.33. The lowest BCUT2D eigenvalue weighted by molar-refractivity contribution is -0.139. The van der Waals surface area contributed by atoms with Crippen molar-refractivity contribution in [2.24, 2.45) is 0 Å². The first kappa shape index (κ1) is 17.8. The Morgan fingerprint density at radius 1 is 1.39 bits per heavy atom. The van der Waals surface area contributed by atoms with Gasteiger partial charge in [0.15, 0.2) is 0 Å². The Balaban J connectivity index is 1.78. The molecule has 1 aromatic carbocycles. The molecule has 1 heterocycles. The monoisotopic (exact) mass is 344 g/mol. The zero-order valence-corrected chi connectivity index (χ0v) is 13.8. The molecule has 6 nitrogen and oxygen atoms in total. The van der Waals surface area contributed by atoms with Crippen molar-refractivity contribution in [3.63, 3.8) is 0 Å². The van der Waals surface area contributed by atoms with Gasteiger partial charge in [0.2, 0.25) is 15.9 Å². The van der Waals surface area contributed by atoms with Crippen LogP contribution in [0.5, 0.6) is 0 Å². The minimum atomic E-state index is -3.67. The van der Waals surface area contributed by atoms with E-state index in [9.17, 15) is 17.6 Å². The number of rotatable bonds is 6. The van der Waals surface area contributed by atoms with E-state index in [4.69, 9.17) is 4.74 Å². The highest BCUT2D eigenvalue weighted by Crippen LogP contribution is 2.11. The molecule has 1 amide bonds. The van der Waals surface area contributed by atoms with Crippen molar-refractivity contribution in [1.29, 1.82) is 0 Å². The van der Waals surface area contributed by atoms with Crippen molar-refractivity contribution >= 4 is 15.9 Å². The molecule has 0 radical (unpaired) electrons. The van der Waals surface area contributed by atoms with E-state index in [0.29, 0.717) is 26.2 Å². The first-order valence-corrected chi connectivity index (χ1v) is 9.01. The second kappa shape index (κ2) is 7.85. The highest BCUT2D eigenvalue weighted by atomic mass is 32.2. The zero-order valence-electron chi connectivity index (χ0n) is 13.0. The smallest absolute Gasteiger partial charge is 0.240 e. The molecular weight excluding hydrogens is 323 g/mol. The van der Waals surface area contributed by atoms with E-state index in [-0.39, 0.29) is 29.8 Å². The Kier molecular flexibility index (Phi) is 6.09. The zero-order chi connectivity index (χ0) is 16.9. The lowest BCUT2D eigenvalue weighted by Crippen LogP contribution is -2.47. The quantitative estimate of drug-likeness (QED) is 0.785. The number of carbonyl (C=O) groups is 1. The number of benzene rings is 1. The van der Waals surface area contributed by atoms with Crippen LogP contribution < -0.4 is 4.72 Å². The molecule has 1 atom stereocenters. The van der Waals surface area contributed by atoms with Gasteiger partial charge in [0.25, 0.3) is 0 Å². The molecule has 0 aromatic heterocycles. The highest BCUT2D eigenvalue weighted by Gasteiger charge is 2.23. The standard InChI is InChI=1S/C15H21FN2O4S/c1-12-11-22-10-9-18(12)15(19)3-2-8-17-23(20,21)14-6-4-13(16)5-7-14/h4-7,12,17H,2-3,8-11H2,1H3/t12-/m0/s1. The maximum atomic E-state index is 12.8. The van der Waals surface area contributed by atoms with Gasteiger partial charge in [-0.2, -0.15) is 0 Å². The summed E-state index contributed by atoms with van der Waals surface area (Å²) in [6.45, 7) is 3.72. The van der Waals surface area contributed by atoms with Crippen LogP contribution in [0.4, 0.5) is 4.39 Å². The third kappa shape index (κ3) is 4.98. The number of ether oxygens (including phenoxy) is 1. The van der Waals surface area contributed by atoms with Crippen LogP contribution in [0.1, 0.15) is 19.8 Å². The van der Waals surface area contributed by atoms with Crippen LogP contribution >= 0.6 is 0 Å². The molecule has 1 saturated heterocycles. The molecule has 1 aromatic rings. The Morgan fingerprint density at radius 3 is 2.74 bits per heavy atom. The molecule has 128 valence electrons. The maximum absolute atomic E-state index is 12.8. The van der Waals surface area contributed by atoms with E-state index >= 15 is 0 Å². The van der Waals surface area contributed by atoms with Gasteiger partial charge in [-0.25, -0.2) is 17.5 Å². The molecule has 8 heteroatoms. The third-order valence-corrected chi connectivity index (χ3v) is 5.15. The lowest BCUT2D eigenvalue weighted by atomic mass is 10.2. The molecule has 1 fully saturated rings. The van der Waals surface area contributed by atoms with Gasteiger partial charge < -0.3 is 9.64 Å². The summed E-state index contributed by atoms with van der Waals surface area (Å²) >= 11 is 0. The maximum Gasteiger partial charge on any atom is 0.240 e. The number of halogens is 1. The van der Waals surface area contributed by atoms with E-state index in [1.807, 2.05) is 6.92 Å². The molecule has 23 heavy (non-hydrogen) atoms. The molecule has 1 aliphatic heterocycles. The summed E-state index contributed by atoms with van der Waals surface area (Å²) in [5.41, 5.74) is 0. The van der Waals surface area contributed by atoms with Crippen LogP contribution in [-0.4, -0.2) is 51.6 Å². The Morgan fingerprint density at radius 2 is 2.09 bits per heavy atom. The van der Waals surface area contributed by atoms with Crippen LogP contribution in [0.2, 0.25) is 0 Å². The molecule has 2 rings (SSSR count). The number of nitrogens with zero attached hydrogens (tertiary/aromatic N) is 1. The fourth-order valence-electron chi connectivity index (χ4n) is 2.38. The first-order valence-electron chi connectivity index (χ1n) is 7.52. The predicted molar refractivity (Wildman–Crippen MR) is 82.8 cm³/mol. The van der Waals surface area contributed by atoms with E-state index < -0.39 is 15.8 Å². The summed E-state index contributed by atoms with van der Waals surface area (Å²) in [7, 11) is -3.67. The molecule has 0 saturated carbocycles. The predicted octanol–water partition coefficient (Wildman–Crippen LogP) is 1.13. The Bertz CT molecular complexity index is 633. The van der Waals surface area contributed by atoms with Gasteiger partial charge >= 0.3 is 0 Å². The molecule has 1 N–H and O–H groups in total. The van der Waals surface area contributed by atoms with Crippen molar-refractivity contribution in [1.82, 2.24) is 9.62 Å². The summed E-state index contributed by atoms with van der Waals surface area (Å²) in [5.74, 6) is -0.490. The van der Waals surface area contributed by atoms with Crippen molar-refractivity contribution < 1.29 is 22.3 Å². The number of carbonyl (C=O) groups excluding carboxylic acids is 1. The summed E-state index contributed by atoms with van der Waals surface area (Å²) in [6.07, 6.45) is 0.680. The molecule has 0 spiro atoms. The fraction of sp³-hybridized carbons (Fsp3) is 0.533. The van der Waals surface area contributed by atoms with E-state index in [1.165, 1.54) is 12.1 Å². The average Bonchev–Trinajstić information content (AvgIpc) is 2.52. The minimum absolute atomic E-state index is 0.00165. The second-order valence-electron chi connectivity index (χ2n) is 5.47. The molecule has 0 aliphatic carbocycles. The van der Waals surface area contributed by atoms with Gasteiger partial charge in [-0.15, -0.1) is 0 Å². The van der Waals surface area contributed by atoms with Crippen LogP contribution in [0.15, 0.2) is 29.2 Å². The summed E-state index contributed by atoms with van der Waals surface area (Å²) in [6, 6.07) is 4.65. The SMILES string of the molecule is C[C@H]1COCCN1C(=O)CCCNS(=O)(=O)c1ccc(F)cc1. The fourth-order valence-corrected chi connectivity index (χ4v) is 3.46. The van der Waals surface area contributed by atoms with Gasteiger partial charge in [-0.05, 0) is 37.6 Å². The molecular formula is C15H21FN2O4S. The number of nitrogens with one attached hydrogen (secondary N) is 1. The van der Waals surface area contributed by atoms with Gasteiger partial charge in [-0.1, -0.05) is 0 Å². The van der Waals surface area contributed by atoms with Crippen LogP contribution in [-0.2, 0) is 19.6 Å². The van der Waals surface area contributed by atoms with Crippen LogP contribution in [0.25, 0.3) is 0 Å². The molecule has 0 bridgehead atoms. The number of sulfonamides is 1. The number of hydrogen-bond acceptors (Lipinski definition) is 4. The van der Waals surface area contributed by atoms with Gasteiger partial charge in [0.1, 0.15) is 5.82 Å². The molecule has 1 aliphatic rings. The summed E-state index contributed by atoms with van der Waals surface area (Å²) in [5, 5.41) is 0. The van der Waals surface area contributed by atoms with Gasteiger partial charge in [0.05, 0.1) is 24.2 Å². The first-order chi connectivity index (χ1) is 10.9. The summed E-state index contributed by atoms with van der Waals surface area (Å²) < 4.78 is 44.5. The van der Waals surface area contributed by atoms with Crippen LogP contribution in [0, 0.1) is 5.82 Å². The van der Waals surface area contributed by atoms with Crippen molar-refractivity contribution in [3.8, 4) is 0 Å². The van der Waals surface area contributed by atoms with E-state index in [2.05, 4.69) is 4.72 Å². The Labute approximate surface area is 135 Å². The van der Waals surface area contributed by atoms with Gasteiger partial charge in [-0.3, -0.25) is 4.79 Å². The van der Waals surface area contributed by atoms with E-state index in [0.717, 1.165) is 12.1 Å². The average molecular weight is 344 g/mol. The topological polar surface area (TPSA) is 75.7 Å². The third-order valence-electron chi connectivity index (χ3n) is 3.67. The number of morpholine rings is 1. The normalized spacial score (nSPS) is 18.9. The largest absolute Gasteiger partial charge is 0.377 e. The summed E-state index contributed by atoms with van der Waals surface area (Å²) in [4.78, 5) is 13.9. The van der Waals surface area contributed by atoms with E-state index in [1.54, 1.807) is 4.90 Å². The minimum Gasteiger partial charge on any atom is -0.377 e. The number of hydrogen-bond donors (Lipinski definition) is 1. The van der Waals surface area contributed by atoms with Gasteiger partial charge in [0, 0.05) is 19.5 Å². The van der Waals surface area contributed by atoms with Crippen molar-refractivity contribution in [3.05, 3.63) is 30.1 Å². The Hall–Kier alpha value is -1.51. The highest BCUT2D eigenvalue weighted by molar-refractivity contribution is 7.89. The second-order valence-corrected chi connectivity index (χ2v) is 7.23.